The molecule has 4 nitrogen and oxygen atoms in total. The van der Waals surface area contributed by atoms with Gasteiger partial charge in [-0.2, -0.15) is 13.2 Å². The second-order valence-electron chi connectivity index (χ2n) is 4.27. The van der Waals surface area contributed by atoms with Crippen LogP contribution in [-0.2, 0) is 15.8 Å². The van der Waals surface area contributed by atoms with E-state index >= 15 is 0 Å². The van der Waals surface area contributed by atoms with Gasteiger partial charge in [0.1, 0.15) is 0 Å². The Labute approximate surface area is 124 Å². The molecule has 0 aliphatic carbocycles. The summed E-state index contributed by atoms with van der Waals surface area (Å²) in [5, 5.41) is 4.57. The molecule has 2 amide bonds. The first-order valence-corrected chi connectivity index (χ1v) is 6.55. The zero-order valence-corrected chi connectivity index (χ0v) is 11.9. The van der Waals surface area contributed by atoms with Crippen molar-refractivity contribution < 1.29 is 22.8 Å². The molecule has 0 spiro atoms. The summed E-state index contributed by atoms with van der Waals surface area (Å²) >= 11 is 5.73. The normalized spacial score (nSPS) is 11.1. The standard InChI is InChI=1S/C13H14ClF3N2O2/c1-2-3-11(20)18-7-12(21)19-10-6-8(13(15,16)17)4-5-9(10)14/h4-6H,2-3,7H2,1H3,(H,18,20)(H,19,21). The van der Waals surface area contributed by atoms with Gasteiger partial charge in [-0.25, -0.2) is 0 Å². The molecule has 0 unspecified atom stereocenters. The largest absolute Gasteiger partial charge is 0.416 e. The average Bonchev–Trinajstić information content (AvgIpc) is 2.38. The molecule has 116 valence electrons. The van der Waals surface area contributed by atoms with E-state index in [2.05, 4.69) is 10.6 Å². The minimum Gasteiger partial charge on any atom is -0.347 e. The topological polar surface area (TPSA) is 58.2 Å². The third-order valence-electron chi connectivity index (χ3n) is 2.49. The van der Waals surface area contributed by atoms with E-state index in [1.54, 1.807) is 0 Å². The molecule has 0 aromatic heterocycles. The Morgan fingerprint density at radius 2 is 1.90 bits per heavy atom. The van der Waals surface area contributed by atoms with Crippen molar-refractivity contribution in [2.24, 2.45) is 0 Å². The van der Waals surface area contributed by atoms with Gasteiger partial charge in [0.2, 0.25) is 11.8 Å². The van der Waals surface area contributed by atoms with Crippen LogP contribution in [0.4, 0.5) is 18.9 Å². The maximum Gasteiger partial charge on any atom is 0.416 e. The number of amides is 2. The fourth-order valence-corrected chi connectivity index (χ4v) is 1.65. The van der Waals surface area contributed by atoms with Gasteiger partial charge >= 0.3 is 6.18 Å². The Morgan fingerprint density at radius 1 is 1.24 bits per heavy atom. The molecular weight excluding hydrogens is 309 g/mol. The average molecular weight is 323 g/mol. The zero-order valence-electron chi connectivity index (χ0n) is 11.2. The monoisotopic (exact) mass is 322 g/mol. The highest BCUT2D eigenvalue weighted by Gasteiger charge is 2.31. The Balaban J connectivity index is 2.69. The van der Waals surface area contributed by atoms with Gasteiger partial charge in [-0.1, -0.05) is 18.5 Å². The van der Waals surface area contributed by atoms with Crippen molar-refractivity contribution in [2.75, 3.05) is 11.9 Å². The molecule has 1 aromatic carbocycles. The second-order valence-corrected chi connectivity index (χ2v) is 4.67. The molecular formula is C13H14ClF3N2O2. The number of rotatable bonds is 5. The molecule has 0 bridgehead atoms. The van der Waals surface area contributed by atoms with E-state index < -0.39 is 17.6 Å². The van der Waals surface area contributed by atoms with Crippen LogP contribution in [0, 0.1) is 0 Å². The van der Waals surface area contributed by atoms with E-state index in [9.17, 15) is 22.8 Å². The minimum absolute atomic E-state index is 0.0174. The lowest BCUT2D eigenvalue weighted by Crippen LogP contribution is -2.32. The number of halogens is 4. The molecule has 8 heteroatoms. The zero-order chi connectivity index (χ0) is 16.0. The number of hydrogen-bond acceptors (Lipinski definition) is 2. The first-order chi connectivity index (χ1) is 9.74. The van der Waals surface area contributed by atoms with Crippen LogP contribution in [0.2, 0.25) is 5.02 Å². The summed E-state index contributed by atoms with van der Waals surface area (Å²) in [7, 11) is 0. The summed E-state index contributed by atoms with van der Waals surface area (Å²) in [6, 6.07) is 2.62. The van der Waals surface area contributed by atoms with E-state index in [4.69, 9.17) is 11.6 Å². The predicted molar refractivity (Wildman–Crippen MR) is 73.0 cm³/mol. The van der Waals surface area contributed by atoms with Crippen LogP contribution < -0.4 is 10.6 Å². The van der Waals surface area contributed by atoms with E-state index in [-0.39, 0.29) is 29.6 Å². The highest BCUT2D eigenvalue weighted by molar-refractivity contribution is 6.33. The van der Waals surface area contributed by atoms with Crippen molar-refractivity contribution in [3.63, 3.8) is 0 Å². The van der Waals surface area contributed by atoms with Gasteiger partial charge in [0.05, 0.1) is 22.8 Å². The number of hydrogen-bond donors (Lipinski definition) is 2. The molecule has 0 saturated heterocycles. The Morgan fingerprint density at radius 3 is 2.48 bits per heavy atom. The van der Waals surface area contributed by atoms with Gasteiger partial charge in [0, 0.05) is 6.42 Å². The van der Waals surface area contributed by atoms with Gasteiger partial charge in [-0.05, 0) is 24.6 Å². The van der Waals surface area contributed by atoms with Gasteiger partial charge in [-0.3, -0.25) is 9.59 Å². The van der Waals surface area contributed by atoms with Crippen LogP contribution in [0.3, 0.4) is 0 Å². The van der Waals surface area contributed by atoms with Crippen LogP contribution in [0.25, 0.3) is 0 Å². The molecule has 0 radical (unpaired) electrons. The number of carbonyl (C=O) groups excluding carboxylic acids is 2. The molecule has 0 aliphatic heterocycles. The summed E-state index contributed by atoms with van der Waals surface area (Å²) in [4.78, 5) is 22.8. The quantitative estimate of drug-likeness (QED) is 0.874. The fourth-order valence-electron chi connectivity index (χ4n) is 1.49. The lowest BCUT2D eigenvalue weighted by Gasteiger charge is -2.12. The highest BCUT2D eigenvalue weighted by atomic mass is 35.5. The van der Waals surface area contributed by atoms with Crippen molar-refractivity contribution in [1.82, 2.24) is 5.32 Å². The Bertz CT molecular complexity index is 533. The van der Waals surface area contributed by atoms with Crippen LogP contribution >= 0.6 is 11.6 Å². The smallest absolute Gasteiger partial charge is 0.347 e. The number of carbonyl (C=O) groups is 2. The van der Waals surface area contributed by atoms with Crippen molar-refractivity contribution in [3.8, 4) is 0 Å². The summed E-state index contributed by atoms with van der Waals surface area (Å²) in [6.07, 6.45) is -3.62. The SMILES string of the molecule is CCCC(=O)NCC(=O)Nc1cc(C(F)(F)F)ccc1Cl. The van der Waals surface area contributed by atoms with Crippen molar-refractivity contribution in [2.45, 2.75) is 25.9 Å². The third-order valence-corrected chi connectivity index (χ3v) is 2.82. The lowest BCUT2D eigenvalue weighted by molar-refractivity contribution is -0.137. The van der Waals surface area contributed by atoms with E-state index in [0.717, 1.165) is 18.2 Å². The van der Waals surface area contributed by atoms with Crippen LogP contribution in [0.15, 0.2) is 18.2 Å². The van der Waals surface area contributed by atoms with E-state index in [1.165, 1.54) is 0 Å². The summed E-state index contributed by atoms with van der Waals surface area (Å²) in [5.41, 5.74) is -1.07. The number of alkyl halides is 3. The number of anilines is 1. The minimum atomic E-state index is -4.53. The molecule has 0 saturated carbocycles. The number of benzene rings is 1. The summed E-state index contributed by atoms with van der Waals surface area (Å²) in [5.74, 6) is -0.955. The van der Waals surface area contributed by atoms with Crippen molar-refractivity contribution in [3.05, 3.63) is 28.8 Å². The maximum absolute atomic E-state index is 12.6. The Hall–Kier alpha value is -1.76. The number of nitrogens with one attached hydrogen (secondary N) is 2. The molecule has 0 aliphatic rings. The van der Waals surface area contributed by atoms with Crippen LogP contribution in [-0.4, -0.2) is 18.4 Å². The molecule has 1 rings (SSSR count). The predicted octanol–water partition coefficient (Wildman–Crippen LogP) is 3.21. The lowest BCUT2D eigenvalue weighted by atomic mass is 10.2. The van der Waals surface area contributed by atoms with Crippen molar-refractivity contribution >= 4 is 29.1 Å². The molecule has 0 fully saturated rings. The summed E-state index contributed by atoms with van der Waals surface area (Å²) < 4.78 is 37.7. The molecule has 0 heterocycles. The van der Waals surface area contributed by atoms with E-state index in [1.807, 2.05) is 6.92 Å². The molecule has 0 atom stereocenters. The Kier molecular flexibility index (Phi) is 6.02. The molecule has 2 N–H and O–H groups in total. The van der Waals surface area contributed by atoms with Gasteiger partial charge < -0.3 is 10.6 Å². The second kappa shape index (κ2) is 7.31. The molecule has 1 aromatic rings. The van der Waals surface area contributed by atoms with Crippen LogP contribution in [0.5, 0.6) is 0 Å². The van der Waals surface area contributed by atoms with Gasteiger partial charge in [0.25, 0.3) is 0 Å². The van der Waals surface area contributed by atoms with Crippen LogP contribution in [0.1, 0.15) is 25.3 Å². The van der Waals surface area contributed by atoms with Gasteiger partial charge in [0.15, 0.2) is 0 Å². The van der Waals surface area contributed by atoms with Gasteiger partial charge in [-0.15, -0.1) is 0 Å². The van der Waals surface area contributed by atoms with E-state index in [0.29, 0.717) is 6.42 Å². The highest BCUT2D eigenvalue weighted by Crippen LogP contribution is 2.33. The first-order valence-electron chi connectivity index (χ1n) is 6.17. The maximum atomic E-state index is 12.6. The fraction of sp³-hybridized carbons (Fsp3) is 0.385. The first kappa shape index (κ1) is 17.3. The third kappa shape index (κ3) is 5.63. The van der Waals surface area contributed by atoms with Crippen molar-refractivity contribution in [1.29, 1.82) is 0 Å². The molecule has 21 heavy (non-hydrogen) atoms. The summed E-state index contributed by atoms with van der Waals surface area (Å²) in [6.45, 7) is 1.48.